The van der Waals surface area contributed by atoms with Crippen LogP contribution < -0.4 is 5.73 Å². The third kappa shape index (κ3) is 1.65. The van der Waals surface area contributed by atoms with Crippen LogP contribution in [0.25, 0.3) is 11.1 Å². The van der Waals surface area contributed by atoms with E-state index in [1.807, 2.05) is 18.2 Å². The summed E-state index contributed by atoms with van der Waals surface area (Å²) in [7, 11) is 0. The van der Waals surface area contributed by atoms with Crippen molar-refractivity contribution in [3.8, 4) is 11.1 Å². The van der Waals surface area contributed by atoms with E-state index >= 15 is 0 Å². The Hall–Kier alpha value is -2.76. The smallest absolute Gasteiger partial charge is 0.283 e. The number of ether oxygens (including phenoxy) is 1. The number of carbonyl (C=O) groups excluding carboxylic acids is 1. The number of benzene rings is 1. The number of aliphatic imine (C=N–C) groups is 1. The largest absolute Gasteiger partial charge is 0.462 e. The molecule has 1 aromatic heterocycles. The molecule has 0 bridgehead atoms. The highest BCUT2D eigenvalue weighted by atomic mass is 16.5. The molecular weight excluding hydrogens is 268 g/mol. The molecule has 0 saturated heterocycles. The lowest BCUT2D eigenvalue weighted by molar-refractivity contribution is 0.0882. The van der Waals surface area contributed by atoms with Crippen molar-refractivity contribution in [2.24, 2.45) is 10.7 Å². The standard InChI is InChI=1S/C15H12N4O2/c16-14-19-15(7-21-14)4-12-10(9-5-17-8-18-6-9)2-1-3-11(12)13(15)20/h1-3,5-6,8H,4,7H2,(H2,16,19). The maximum absolute atomic E-state index is 12.7. The van der Waals surface area contributed by atoms with Crippen LogP contribution in [0.4, 0.5) is 0 Å². The van der Waals surface area contributed by atoms with Crippen LogP contribution in [0.5, 0.6) is 0 Å². The minimum Gasteiger partial charge on any atom is -0.462 e. The van der Waals surface area contributed by atoms with Crippen LogP contribution in [0.15, 0.2) is 41.9 Å². The summed E-state index contributed by atoms with van der Waals surface area (Å²) < 4.78 is 5.22. The van der Waals surface area contributed by atoms with Crippen molar-refractivity contribution >= 4 is 11.8 Å². The van der Waals surface area contributed by atoms with Gasteiger partial charge in [0.05, 0.1) is 0 Å². The topological polar surface area (TPSA) is 90.5 Å². The number of carbonyl (C=O) groups is 1. The zero-order valence-electron chi connectivity index (χ0n) is 11.1. The van der Waals surface area contributed by atoms with E-state index in [0.717, 1.165) is 16.7 Å². The van der Waals surface area contributed by atoms with E-state index in [2.05, 4.69) is 15.0 Å². The number of amidine groups is 1. The highest BCUT2D eigenvalue weighted by Gasteiger charge is 2.50. The molecule has 2 N–H and O–H groups in total. The minimum absolute atomic E-state index is 0.0309. The van der Waals surface area contributed by atoms with E-state index in [1.54, 1.807) is 12.4 Å². The Balaban J connectivity index is 1.87. The Kier molecular flexibility index (Phi) is 2.35. The minimum atomic E-state index is -0.891. The molecule has 4 rings (SSSR count). The molecule has 1 spiro atoms. The molecular formula is C15H12N4O2. The van der Waals surface area contributed by atoms with Crippen LogP contribution in [0, 0.1) is 0 Å². The maximum atomic E-state index is 12.7. The van der Waals surface area contributed by atoms with Crippen LogP contribution >= 0.6 is 0 Å². The van der Waals surface area contributed by atoms with Gasteiger partial charge in [-0.1, -0.05) is 18.2 Å². The molecule has 2 heterocycles. The third-order valence-corrected chi connectivity index (χ3v) is 3.97. The molecule has 0 amide bonds. The van der Waals surface area contributed by atoms with Gasteiger partial charge in [-0.3, -0.25) is 4.79 Å². The number of fused-ring (bicyclic) bond motifs is 1. The number of aromatic nitrogens is 2. The van der Waals surface area contributed by atoms with E-state index in [1.165, 1.54) is 6.33 Å². The maximum Gasteiger partial charge on any atom is 0.283 e. The van der Waals surface area contributed by atoms with Crippen LogP contribution in [-0.4, -0.2) is 33.9 Å². The number of Topliss-reactive ketones (excluding diaryl/α,β-unsaturated/α-hetero) is 1. The lowest BCUT2D eigenvalue weighted by Gasteiger charge is -2.14. The van der Waals surface area contributed by atoms with E-state index in [4.69, 9.17) is 10.5 Å². The zero-order valence-corrected chi connectivity index (χ0v) is 11.1. The molecule has 21 heavy (non-hydrogen) atoms. The van der Waals surface area contributed by atoms with E-state index in [0.29, 0.717) is 12.0 Å². The lowest BCUT2D eigenvalue weighted by atomic mass is 9.96. The normalized spacial score (nSPS) is 23.0. The predicted molar refractivity (Wildman–Crippen MR) is 75.8 cm³/mol. The van der Waals surface area contributed by atoms with Crippen molar-refractivity contribution in [2.75, 3.05) is 6.61 Å². The van der Waals surface area contributed by atoms with Gasteiger partial charge in [-0.25, -0.2) is 15.0 Å². The lowest BCUT2D eigenvalue weighted by Crippen LogP contribution is -2.35. The molecule has 1 unspecified atom stereocenters. The van der Waals surface area contributed by atoms with Crippen molar-refractivity contribution in [1.29, 1.82) is 0 Å². The molecule has 0 saturated carbocycles. The van der Waals surface area contributed by atoms with Crippen molar-refractivity contribution in [3.63, 3.8) is 0 Å². The molecule has 104 valence electrons. The third-order valence-electron chi connectivity index (χ3n) is 3.97. The summed E-state index contributed by atoms with van der Waals surface area (Å²) in [5, 5.41) is 0. The van der Waals surface area contributed by atoms with Gasteiger partial charge in [0, 0.05) is 29.9 Å². The van der Waals surface area contributed by atoms with Gasteiger partial charge in [-0.15, -0.1) is 0 Å². The summed E-state index contributed by atoms with van der Waals surface area (Å²) in [5.41, 5.74) is 8.18. The number of hydrogen-bond acceptors (Lipinski definition) is 6. The van der Waals surface area contributed by atoms with Crippen LogP contribution in [-0.2, 0) is 11.2 Å². The summed E-state index contributed by atoms with van der Waals surface area (Å²) in [6.07, 6.45) is 5.45. The SMILES string of the molecule is NC1=NC2(CO1)Cc1c(cccc1-c1cncnc1)C2=O. The quantitative estimate of drug-likeness (QED) is 0.840. The number of ketones is 1. The van der Waals surface area contributed by atoms with E-state index in [-0.39, 0.29) is 18.4 Å². The average molecular weight is 280 g/mol. The van der Waals surface area contributed by atoms with E-state index < -0.39 is 5.54 Å². The fourth-order valence-corrected chi connectivity index (χ4v) is 3.00. The molecule has 6 heteroatoms. The molecule has 2 aliphatic rings. The Bertz CT molecular complexity index is 772. The fourth-order valence-electron chi connectivity index (χ4n) is 3.00. The molecule has 1 aliphatic heterocycles. The van der Waals surface area contributed by atoms with Gasteiger partial charge in [0.15, 0.2) is 11.3 Å². The summed E-state index contributed by atoms with van der Waals surface area (Å²) >= 11 is 0. The van der Waals surface area contributed by atoms with Crippen LogP contribution in [0.1, 0.15) is 15.9 Å². The highest BCUT2D eigenvalue weighted by molar-refractivity contribution is 6.10. The Labute approximate surface area is 120 Å². The summed E-state index contributed by atoms with van der Waals surface area (Å²) in [5.74, 6) is -0.0309. The van der Waals surface area contributed by atoms with E-state index in [9.17, 15) is 4.79 Å². The fraction of sp³-hybridized carbons (Fsp3) is 0.200. The van der Waals surface area contributed by atoms with Gasteiger partial charge in [-0.05, 0) is 11.1 Å². The summed E-state index contributed by atoms with van der Waals surface area (Å²) in [4.78, 5) is 25.0. The monoisotopic (exact) mass is 280 g/mol. The van der Waals surface area contributed by atoms with Crippen molar-refractivity contribution in [1.82, 2.24) is 9.97 Å². The van der Waals surface area contributed by atoms with Crippen molar-refractivity contribution in [2.45, 2.75) is 12.0 Å². The Morgan fingerprint density at radius 2 is 1.95 bits per heavy atom. The van der Waals surface area contributed by atoms with Gasteiger partial charge >= 0.3 is 0 Å². The first kappa shape index (κ1) is 12.0. The van der Waals surface area contributed by atoms with Crippen molar-refractivity contribution < 1.29 is 9.53 Å². The van der Waals surface area contributed by atoms with Gasteiger partial charge in [0.1, 0.15) is 12.9 Å². The number of nitrogens with zero attached hydrogens (tertiary/aromatic N) is 3. The van der Waals surface area contributed by atoms with Crippen molar-refractivity contribution in [3.05, 3.63) is 48.0 Å². The molecule has 1 aliphatic carbocycles. The van der Waals surface area contributed by atoms with Gasteiger partial charge in [0.2, 0.25) is 0 Å². The highest BCUT2D eigenvalue weighted by Crippen LogP contribution is 2.40. The van der Waals surface area contributed by atoms with Gasteiger partial charge < -0.3 is 10.5 Å². The van der Waals surface area contributed by atoms with Gasteiger partial charge in [-0.2, -0.15) is 0 Å². The first-order valence-corrected chi connectivity index (χ1v) is 6.60. The molecule has 0 fully saturated rings. The van der Waals surface area contributed by atoms with Crippen LogP contribution in [0.3, 0.4) is 0 Å². The zero-order chi connectivity index (χ0) is 14.4. The predicted octanol–water partition coefficient (Wildman–Crippen LogP) is 0.966. The number of nitrogens with two attached hydrogens (primary N) is 1. The second kappa shape index (κ2) is 4.12. The molecule has 2 aromatic rings. The molecule has 6 nitrogen and oxygen atoms in total. The summed E-state index contributed by atoms with van der Waals surface area (Å²) in [6, 6.07) is 5.73. The molecule has 1 atom stereocenters. The summed E-state index contributed by atoms with van der Waals surface area (Å²) in [6.45, 7) is 0.205. The molecule has 0 radical (unpaired) electrons. The van der Waals surface area contributed by atoms with Gasteiger partial charge in [0.25, 0.3) is 6.02 Å². The molecule has 1 aromatic carbocycles. The Morgan fingerprint density at radius 1 is 1.19 bits per heavy atom. The number of hydrogen-bond donors (Lipinski definition) is 1. The second-order valence-corrected chi connectivity index (χ2v) is 5.24. The van der Waals surface area contributed by atoms with Crippen LogP contribution in [0.2, 0.25) is 0 Å². The average Bonchev–Trinajstić information content (AvgIpc) is 3.02. The second-order valence-electron chi connectivity index (χ2n) is 5.24. The first-order valence-electron chi connectivity index (χ1n) is 6.60. The number of rotatable bonds is 1. The first-order chi connectivity index (χ1) is 10.2. The Morgan fingerprint density at radius 3 is 2.67 bits per heavy atom.